The lowest BCUT2D eigenvalue weighted by Gasteiger charge is -2.14. The molecule has 0 saturated heterocycles. The van der Waals surface area contributed by atoms with E-state index in [4.69, 9.17) is 16.3 Å². The number of hydrogen-bond acceptors (Lipinski definition) is 3. The summed E-state index contributed by atoms with van der Waals surface area (Å²) in [5.41, 5.74) is 1.49. The summed E-state index contributed by atoms with van der Waals surface area (Å²) < 4.78 is 5.73. The molecule has 0 spiro atoms. The van der Waals surface area contributed by atoms with Gasteiger partial charge in [0.05, 0.1) is 5.56 Å². The second-order valence-corrected chi connectivity index (χ2v) is 4.73. The highest BCUT2D eigenvalue weighted by Gasteiger charge is 2.06. The third-order valence-electron chi connectivity index (χ3n) is 2.66. The molecule has 0 fully saturated rings. The van der Waals surface area contributed by atoms with Crippen LogP contribution in [-0.2, 0) is 0 Å². The Morgan fingerprint density at radius 1 is 1.16 bits per heavy atom. The Balaban J connectivity index is 2.33. The molecule has 0 aliphatic carbocycles. The van der Waals surface area contributed by atoms with E-state index in [1.165, 1.54) is 0 Å². The molecule has 0 radical (unpaired) electrons. The van der Waals surface area contributed by atoms with E-state index in [0.29, 0.717) is 22.1 Å². The summed E-state index contributed by atoms with van der Waals surface area (Å²) >= 11 is 5.92. The standard InChI is InChI=1S/C15H14ClNO2/c1-17(2)13-4-3-5-14(9-13)19-15-8-12(16)7-6-11(15)10-18/h3-10H,1-2H3. The second kappa shape index (κ2) is 5.76. The van der Waals surface area contributed by atoms with Crippen molar-refractivity contribution in [1.29, 1.82) is 0 Å². The summed E-state index contributed by atoms with van der Waals surface area (Å²) in [7, 11) is 3.91. The topological polar surface area (TPSA) is 29.5 Å². The Bertz CT molecular complexity index is 596. The monoisotopic (exact) mass is 275 g/mol. The Labute approximate surface area is 117 Å². The Morgan fingerprint density at radius 3 is 2.63 bits per heavy atom. The third-order valence-corrected chi connectivity index (χ3v) is 2.90. The number of aldehydes is 1. The molecule has 3 nitrogen and oxygen atoms in total. The molecule has 98 valence electrons. The molecular weight excluding hydrogens is 262 g/mol. The van der Waals surface area contributed by atoms with Crippen molar-refractivity contribution in [2.45, 2.75) is 0 Å². The molecule has 0 N–H and O–H groups in total. The molecule has 0 unspecified atom stereocenters. The zero-order valence-electron chi connectivity index (χ0n) is 10.8. The summed E-state index contributed by atoms with van der Waals surface area (Å²) in [5.74, 6) is 1.12. The van der Waals surface area contributed by atoms with E-state index in [-0.39, 0.29) is 0 Å². The fourth-order valence-corrected chi connectivity index (χ4v) is 1.81. The van der Waals surface area contributed by atoms with E-state index in [0.717, 1.165) is 12.0 Å². The van der Waals surface area contributed by atoms with Crippen molar-refractivity contribution >= 4 is 23.6 Å². The van der Waals surface area contributed by atoms with Gasteiger partial charge in [-0.3, -0.25) is 4.79 Å². The molecule has 0 aliphatic heterocycles. The van der Waals surface area contributed by atoms with Gasteiger partial charge in [0.2, 0.25) is 0 Å². The number of carbonyl (C=O) groups is 1. The largest absolute Gasteiger partial charge is 0.456 e. The lowest BCUT2D eigenvalue weighted by molar-refractivity contribution is 0.112. The molecule has 0 saturated carbocycles. The predicted octanol–water partition coefficient (Wildman–Crippen LogP) is 4.01. The summed E-state index contributed by atoms with van der Waals surface area (Å²) in [6, 6.07) is 12.5. The molecule has 0 amide bonds. The van der Waals surface area contributed by atoms with Crippen LogP contribution in [0.25, 0.3) is 0 Å². The van der Waals surface area contributed by atoms with Crippen LogP contribution in [0.2, 0.25) is 5.02 Å². The van der Waals surface area contributed by atoms with E-state index in [2.05, 4.69) is 0 Å². The quantitative estimate of drug-likeness (QED) is 0.790. The first kappa shape index (κ1) is 13.4. The third kappa shape index (κ3) is 3.26. The summed E-state index contributed by atoms with van der Waals surface area (Å²) in [6.07, 6.45) is 0.751. The molecular formula is C15H14ClNO2. The maximum absolute atomic E-state index is 11.0. The number of hydrogen-bond donors (Lipinski definition) is 0. The minimum absolute atomic E-state index is 0.457. The first-order valence-electron chi connectivity index (χ1n) is 5.80. The Hall–Kier alpha value is -2.00. The minimum atomic E-state index is 0.457. The van der Waals surface area contributed by atoms with E-state index >= 15 is 0 Å². The molecule has 0 bridgehead atoms. The van der Waals surface area contributed by atoms with Crippen LogP contribution in [0, 0.1) is 0 Å². The first-order chi connectivity index (χ1) is 9.10. The molecule has 4 heteroatoms. The van der Waals surface area contributed by atoms with Crippen LogP contribution in [-0.4, -0.2) is 20.4 Å². The van der Waals surface area contributed by atoms with Gasteiger partial charge in [-0.15, -0.1) is 0 Å². The lowest BCUT2D eigenvalue weighted by Crippen LogP contribution is -2.08. The van der Waals surface area contributed by atoms with Crippen molar-refractivity contribution in [2.24, 2.45) is 0 Å². The van der Waals surface area contributed by atoms with Gasteiger partial charge >= 0.3 is 0 Å². The van der Waals surface area contributed by atoms with E-state index in [9.17, 15) is 4.79 Å². The van der Waals surface area contributed by atoms with Crippen LogP contribution in [0.4, 0.5) is 5.69 Å². The number of rotatable bonds is 4. The van der Waals surface area contributed by atoms with Crippen molar-refractivity contribution in [3.8, 4) is 11.5 Å². The highest BCUT2D eigenvalue weighted by molar-refractivity contribution is 6.30. The molecule has 0 atom stereocenters. The summed E-state index contributed by atoms with van der Waals surface area (Å²) in [4.78, 5) is 13.0. The summed E-state index contributed by atoms with van der Waals surface area (Å²) in [6.45, 7) is 0. The molecule has 2 rings (SSSR count). The molecule has 0 heterocycles. The molecule has 19 heavy (non-hydrogen) atoms. The maximum Gasteiger partial charge on any atom is 0.153 e. The van der Waals surface area contributed by atoms with Gasteiger partial charge < -0.3 is 9.64 Å². The Morgan fingerprint density at radius 2 is 1.95 bits per heavy atom. The van der Waals surface area contributed by atoms with Crippen LogP contribution in [0.15, 0.2) is 42.5 Å². The lowest BCUT2D eigenvalue weighted by atomic mass is 10.2. The van der Waals surface area contributed by atoms with Crippen molar-refractivity contribution in [2.75, 3.05) is 19.0 Å². The number of benzene rings is 2. The zero-order valence-corrected chi connectivity index (χ0v) is 11.5. The number of halogens is 1. The van der Waals surface area contributed by atoms with Gasteiger partial charge in [0, 0.05) is 36.9 Å². The van der Waals surface area contributed by atoms with Crippen molar-refractivity contribution in [1.82, 2.24) is 0 Å². The van der Waals surface area contributed by atoms with Gasteiger partial charge in [-0.1, -0.05) is 17.7 Å². The van der Waals surface area contributed by atoms with Crippen molar-refractivity contribution < 1.29 is 9.53 Å². The Kier molecular flexibility index (Phi) is 4.07. The van der Waals surface area contributed by atoms with Gasteiger partial charge in [-0.05, 0) is 24.3 Å². The smallest absolute Gasteiger partial charge is 0.153 e. The fraction of sp³-hybridized carbons (Fsp3) is 0.133. The number of carbonyl (C=O) groups excluding carboxylic acids is 1. The second-order valence-electron chi connectivity index (χ2n) is 4.29. The van der Waals surface area contributed by atoms with E-state index in [1.807, 2.05) is 43.3 Å². The van der Waals surface area contributed by atoms with Gasteiger partial charge in [-0.25, -0.2) is 0 Å². The molecule has 2 aromatic rings. The molecule has 0 aliphatic rings. The van der Waals surface area contributed by atoms with E-state index in [1.54, 1.807) is 18.2 Å². The average Bonchev–Trinajstić information content (AvgIpc) is 2.39. The van der Waals surface area contributed by atoms with Gasteiger partial charge in [0.1, 0.15) is 11.5 Å². The molecule has 2 aromatic carbocycles. The number of nitrogens with zero attached hydrogens (tertiary/aromatic N) is 1. The van der Waals surface area contributed by atoms with Crippen LogP contribution in [0.1, 0.15) is 10.4 Å². The number of anilines is 1. The SMILES string of the molecule is CN(C)c1cccc(Oc2cc(Cl)ccc2C=O)c1. The van der Waals surface area contributed by atoms with Crippen LogP contribution >= 0.6 is 11.6 Å². The van der Waals surface area contributed by atoms with Gasteiger partial charge in [-0.2, -0.15) is 0 Å². The van der Waals surface area contributed by atoms with Crippen LogP contribution < -0.4 is 9.64 Å². The van der Waals surface area contributed by atoms with Crippen LogP contribution in [0.3, 0.4) is 0 Å². The predicted molar refractivity (Wildman–Crippen MR) is 77.7 cm³/mol. The van der Waals surface area contributed by atoms with E-state index < -0.39 is 0 Å². The van der Waals surface area contributed by atoms with Crippen molar-refractivity contribution in [3.63, 3.8) is 0 Å². The minimum Gasteiger partial charge on any atom is -0.456 e. The average molecular weight is 276 g/mol. The van der Waals surface area contributed by atoms with Gasteiger partial charge in [0.15, 0.2) is 6.29 Å². The maximum atomic E-state index is 11.0. The van der Waals surface area contributed by atoms with Gasteiger partial charge in [0.25, 0.3) is 0 Å². The van der Waals surface area contributed by atoms with Crippen molar-refractivity contribution in [3.05, 3.63) is 53.1 Å². The summed E-state index contributed by atoms with van der Waals surface area (Å²) in [5, 5.41) is 0.532. The fourth-order valence-electron chi connectivity index (χ4n) is 1.65. The first-order valence-corrected chi connectivity index (χ1v) is 6.18. The highest BCUT2D eigenvalue weighted by Crippen LogP contribution is 2.29. The number of ether oxygens (including phenoxy) is 1. The zero-order chi connectivity index (χ0) is 13.8. The molecule has 0 aromatic heterocycles. The normalized spacial score (nSPS) is 10.1. The van der Waals surface area contributed by atoms with Crippen LogP contribution in [0.5, 0.6) is 11.5 Å². The highest BCUT2D eigenvalue weighted by atomic mass is 35.5.